The first-order valence-corrected chi connectivity index (χ1v) is 4.98. The van der Waals surface area contributed by atoms with Crippen LogP contribution in [0.2, 0.25) is 0 Å². The molecule has 0 atom stereocenters. The van der Waals surface area contributed by atoms with Crippen LogP contribution in [0.1, 0.15) is 12.0 Å². The summed E-state index contributed by atoms with van der Waals surface area (Å²) in [6.07, 6.45) is 3.97. The molecule has 0 saturated carbocycles. The number of allylic oxidation sites excluding steroid dienone is 1. The fraction of sp³-hybridized carbons (Fsp3) is 0.273. The molecule has 4 heteroatoms. The predicted octanol–water partition coefficient (Wildman–Crippen LogP) is 3.62. The van der Waals surface area contributed by atoms with Gasteiger partial charge in [-0.15, -0.1) is 11.6 Å². The summed E-state index contributed by atoms with van der Waals surface area (Å²) in [5.74, 6) is -0.819. The molecule has 1 aromatic rings. The van der Waals surface area contributed by atoms with E-state index in [2.05, 4.69) is 0 Å². The maximum absolute atomic E-state index is 13.2. The van der Waals surface area contributed by atoms with Crippen LogP contribution in [0.4, 0.5) is 8.78 Å². The van der Waals surface area contributed by atoms with Crippen LogP contribution in [0, 0.1) is 11.6 Å². The Labute approximate surface area is 92.3 Å². The maximum atomic E-state index is 13.2. The van der Waals surface area contributed by atoms with Crippen molar-refractivity contribution in [1.29, 1.82) is 0 Å². The van der Waals surface area contributed by atoms with E-state index < -0.39 is 11.6 Å². The number of hydrogen-bond donors (Lipinski definition) is 0. The van der Waals surface area contributed by atoms with Crippen LogP contribution in [-0.4, -0.2) is 13.0 Å². The van der Waals surface area contributed by atoms with Gasteiger partial charge in [-0.2, -0.15) is 0 Å². The summed E-state index contributed by atoms with van der Waals surface area (Å²) >= 11 is 5.47. The highest BCUT2D eigenvalue weighted by Gasteiger charge is 2.09. The molecule has 1 nitrogen and oxygen atoms in total. The smallest absolute Gasteiger partial charge is 0.168 e. The van der Waals surface area contributed by atoms with Crippen molar-refractivity contribution in [3.63, 3.8) is 0 Å². The number of rotatable bonds is 4. The van der Waals surface area contributed by atoms with E-state index in [1.54, 1.807) is 12.2 Å². The molecule has 0 N–H and O–H groups in total. The third-order valence-electron chi connectivity index (χ3n) is 1.81. The van der Waals surface area contributed by atoms with E-state index in [9.17, 15) is 8.78 Å². The fourth-order valence-corrected chi connectivity index (χ4v) is 1.32. The zero-order valence-corrected chi connectivity index (χ0v) is 9.02. The molecule has 0 heterocycles. The van der Waals surface area contributed by atoms with Crippen molar-refractivity contribution in [1.82, 2.24) is 0 Å². The number of alkyl halides is 1. The molecule has 0 aliphatic carbocycles. The third kappa shape index (κ3) is 3.20. The van der Waals surface area contributed by atoms with Gasteiger partial charge in [0.25, 0.3) is 0 Å². The lowest BCUT2D eigenvalue weighted by Crippen LogP contribution is -1.93. The van der Waals surface area contributed by atoms with Crippen molar-refractivity contribution in [3.05, 3.63) is 35.4 Å². The van der Waals surface area contributed by atoms with Crippen LogP contribution in [0.3, 0.4) is 0 Å². The topological polar surface area (TPSA) is 9.23 Å². The average molecular weight is 233 g/mol. The summed E-state index contributed by atoms with van der Waals surface area (Å²) in [5.41, 5.74) is 0.375. The van der Waals surface area contributed by atoms with E-state index >= 15 is 0 Å². The summed E-state index contributed by atoms with van der Waals surface area (Å²) in [4.78, 5) is 0. The molecule has 1 rings (SSSR count). The minimum atomic E-state index is -0.706. The van der Waals surface area contributed by atoms with Gasteiger partial charge in [-0.3, -0.25) is 0 Å². The molecule has 0 amide bonds. The largest absolute Gasteiger partial charge is 0.493 e. The molecular formula is C11H11ClF2O. The number of ether oxygens (including phenoxy) is 1. The van der Waals surface area contributed by atoms with Crippen molar-refractivity contribution in [2.45, 2.75) is 6.42 Å². The van der Waals surface area contributed by atoms with Crippen molar-refractivity contribution in [2.24, 2.45) is 0 Å². The van der Waals surface area contributed by atoms with Crippen molar-refractivity contribution < 1.29 is 13.5 Å². The summed E-state index contributed by atoms with van der Waals surface area (Å²) in [5, 5.41) is 0. The second kappa shape index (κ2) is 5.71. The van der Waals surface area contributed by atoms with Gasteiger partial charge in [-0.05, 0) is 12.5 Å². The van der Waals surface area contributed by atoms with Gasteiger partial charge < -0.3 is 4.74 Å². The lowest BCUT2D eigenvalue weighted by atomic mass is 10.1. The molecule has 0 aliphatic rings. The van der Waals surface area contributed by atoms with Crippen molar-refractivity contribution in [3.8, 4) is 5.75 Å². The van der Waals surface area contributed by atoms with Crippen LogP contribution in [-0.2, 0) is 0 Å². The van der Waals surface area contributed by atoms with Crippen LogP contribution >= 0.6 is 11.6 Å². The second-order valence-electron chi connectivity index (χ2n) is 2.89. The SMILES string of the molecule is COc1c(F)cc(F)cc1C=CCCCl. The number of methoxy groups -OCH3 is 1. The highest BCUT2D eigenvalue weighted by atomic mass is 35.5. The quantitative estimate of drug-likeness (QED) is 0.721. The number of benzene rings is 1. The zero-order chi connectivity index (χ0) is 11.3. The fourth-order valence-electron chi connectivity index (χ4n) is 1.19. The number of halogens is 3. The van der Waals surface area contributed by atoms with E-state index in [4.69, 9.17) is 16.3 Å². The Hall–Kier alpha value is -1.09. The van der Waals surface area contributed by atoms with Crippen LogP contribution in [0.15, 0.2) is 18.2 Å². The summed E-state index contributed by atoms with van der Waals surface area (Å²) in [6.45, 7) is 0. The Morgan fingerprint density at radius 1 is 1.40 bits per heavy atom. The summed E-state index contributed by atoms with van der Waals surface area (Å²) in [7, 11) is 1.34. The summed E-state index contributed by atoms with van der Waals surface area (Å²) in [6, 6.07) is 2.00. The van der Waals surface area contributed by atoms with Gasteiger partial charge in [-0.25, -0.2) is 8.78 Å². The van der Waals surface area contributed by atoms with E-state index in [0.717, 1.165) is 6.07 Å². The Morgan fingerprint density at radius 3 is 2.73 bits per heavy atom. The Morgan fingerprint density at radius 2 is 2.13 bits per heavy atom. The predicted molar refractivity (Wildman–Crippen MR) is 57.3 cm³/mol. The normalized spacial score (nSPS) is 10.9. The van der Waals surface area contributed by atoms with Crippen LogP contribution < -0.4 is 4.74 Å². The van der Waals surface area contributed by atoms with Gasteiger partial charge in [0.1, 0.15) is 5.82 Å². The standard InChI is InChI=1S/C11H11ClF2O/c1-15-11-8(4-2-3-5-12)6-9(13)7-10(11)14/h2,4,6-7H,3,5H2,1H3. The molecule has 0 spiro atoms. The van der Waals surface area contributed by atoms with Gasteiger partial charge in [0.05, 0.1) is 7.11 Å². The van der Waals surface area contributed by atoms with Gasteiger partial charge in [-0.1, -0.05) is 12.2 Å². The molecule has 1 aromatic carbocycles. The average Bonchev–Trinajstić information content (AvgIpc) is 2.17. The first-order valence-electron chi connectivity index (χ1n) is 4.44. The third-order valence-corrected chi connectivity index (χ3v) is 2.03. The van der Waals surface area contributed by atoms with Gasteiger partial charge in [0.15, 0.2) is 11.6 Å². The molecular weight excluding hydrogens is 222 g/mol. The molecule has 0 aliphatic heterocycles. The van der Waals surface area contributed by atoms with E-state index in [1.165, 1.54) is 13.2 Å². The second-order valence-corrected chi connectivity index (χ2v) is 3.27. The monoisotopic (exact) mass is 232 g/mol. The minimum Gasteiger partial charge on any atom is -0.493 e. The van der Waals surface area contributed by atoms with E-state index in [-0.39, 0.29) is 5.75 Å². The minimum absolute atomic E-state index is 0.0437. The molecule has 0 unspecified atom stereocenters. The highest BCUT2D eigenvalue weighted by Crippen LogP contribution is 2.25. The Balaban J connectivity index is 3.03. The van der Waals surface area contributed by atoms with Gasteiger partial charge in [0, 0.05) is 17.5 Å². The molecule has 0 fully saturated rings. The first-order chi connectivity index (χ1) is 7.19. The Kier molecular flexibility index (Phi) is 4.56. The first kappa shape index (κ1) is 12.0. The van der Waals surface area contributed by atoms with E-state index in [0.29, 0.717) is 17.9 Å². The Bertz CT molecular complexity index is 364. The van der Waals surface area contributed by atoms with E-state index in [1.807, 2.05) is 0 Å². The maximum Gasteiger partial charge on any atom is 0.168 e. The highest BCUT2D eigenvalue weighted by molar-refractivity contribution is 6.17. The number of hydrogen-bond acceptors (Lipinski definition) is 1. The molecule has 0 radical (unpaired) electrons. The lowest BCUT2D eigenvalue weighted by molar-refractivity contribution is 0.383. The summed E-state index contributed by atoms with van der Waals surface area (Å²) < 4.78 is 30.9. The molecule has 0 bridgehead atoms. The zero-order valence-electron chi connectivity index (χ0n) is 8.27. The molecule has 0 aromatic heterocycles. The lowest BCUT2D eigenvalue weighted by Gasteiger charge is -2.05. The van der Waals surface area contributed by atoms with Crippen molar-refractivity contribution >= 4 is 17.7 Å². The molecule has 82 valence electrons. The van der Waals surface area contributed by atoms with Crippen LogP contribution in [0.25, 0.3) is 6.08 Å². The van der Waals surface area contributed by atoms with Crippen LogP contribution in [0.5, 0.6) is 5.75 Å². The molecule has 0 saturated heterocycles. The molecule has 15 heavy (non-hydrogen) atoms. The van der Waals surface area contributed by atoms with Gasteiger partial charge >= 0.3 is 0 Å². The van der Waals surface area contributed by atoms with Crippen molar-refractivity contribution in [2.75, 3.05) is 13.0 Å². The van der Waals surface area contributed by atoms with Gasteiger partial charge in [0.2, 0.25) is 0 Å².